The first-order valence-electron chi connectivity index (χ1n) is 6.94. The maximum atomic E-state index is 9.58. The minimum absolute atomic E-state index is 0.625. The minimum Gasteiger partial charge on any atom is -0.389 e. The minimum atomic E-state index is -0.625. The van der Waals surface area contributed by atoms with Crippen molar-refractivity contribution in [3.8, 4) is 0 Å². The molecule has 1 aromatic carbocycles. The summed E-state index contributed by atoms with van der Waals surface area (Å²) in [6.45, 7) is 9.67. The number of benzene rings is 1. The van der Waals surface area contributed by atoms with E-state index < -0.39 is 5.60 Å². The first-order chi connectivity index (χ1) is 8.42. The van der Waals surface area contributed by atoms with E-state index >= 15 is 0 Å². The van der Waals surface area contributed by atoms with E-state index in [0.717, 1.165) is 13.0 Å². The van der Waals surface area contributed by atoms with Crippen molar-refractivity contribution in [2.75, 3.05) is 13.1 Å². The topological polar surface area (TPSA) is 32.3 Å². The quantitative estimate of drug-likeness (QED) is 0.728. The zero-order valence-corrected chi connectivity index (χ0v) is 12.2. The van der Waals surface area contributed by atoms with Gasteiger partial charge in [0.1, 0.15) is 0 Å². The summed E-state index contributed by atoms with van der Waals surface area (Å²) in [6, 6.07) is 8.90. The molecule has 0 bridgehead atoms. The van der Waals surface area contributed by atoms with Gasteiger partial charge in [0, 0.05) is 6.54 Å². The van der Waals surface area contributed by atoms with E-state index in [4.69, 9.17) is 0 Å². The summed E-state index contributed by atoms with van der Waals surface area (Å²) in [7, 11) is 0. The van der Waals surface area contributed by atoms with E-state index in [0.29, 0.717) is 12.5 Å². The van der Waals surface area contributed by atoms with Crippen LogP contribution in [0.1, 0.15) is 51.2 Å². The van der Waals surface area contributed by atoms with Gasteiger partial charge >= 0.3 is 0 Å². The molecule has 102 valence electrons. The molecule has 1 unspecified atom stereocenters. The average Bonchev–Trinajstić information content (AvgIpc) is 2.33. The monoisotopic (exact) mass is 249 g/mol. The lowest BCUT2D eigenvalue weighted by atomic mass is 9.97. The lowest BCUT2D eigenvalue weighted by Crippen LogP contribution is -2.35. The largest absolute Gasteiger partial charge is 0.389 e. The van der Waals surface area contributed by atoms with Crippen LogP contribution in [0.5, 0.6) is 0 Å². The Morgan fingerprint density at radius 3 is 2.33 bits per heavy atom. The zero-order chi connectivity index (χ0) is 13.6. The first kappa shape index (κ1) is 15.2. The SMILES string of the molecule is CCC(C)c1ccc(CCNCC(C)(C)O)cc1. The fraction of sp³-hybridized carbons (Fsp3) is 0.625. The van der Waals surface area contributed by atoms with Gasteiger partial charge in [0.25, 0.3) is 0 Å². The van der Waals surface area contributed by atoms with Crippen molar-refractivity contribution in [1.82, 2.24) is 5.32 Å². The Morgan fingerprint density at radius 1 is 1.22 bits per heavy atom. The summed E-state index contributed by atoms with van der Waals surface area (Å²) >= 11 is 0. The second kappa shape index (κ2) is 6.91. The Morgan fingerprint density at radius 2 is 1.83 bits per heavy atom. The second-order valence-corrected chi connectivity index (χ2v) is 5.79. The van der Waals surface area contributed by atoms with Gasteiger partial charge in [-0.05, 0) is 50.3 Å². The van der Waals surface area contributed by atoms with Crippen LogP contribution in [0.4, 0.5) is 0 Å². The molecular weight excluding hydrogens is 222 g/mol. The standard InChI is InChI=1S/C16H27NO/c1-5-13(2)15-8-6-14(7-9-15)10-11-17-12-16(3,4)18/h6-9,13,17-18H,5,10-12H2,1-4H3. The molecule has 18 heavy (non-hydrogen) atoms. The van der Waals surface area contributed by atoms with E-state index in [1.54, 1.807) is 0 Å². The normalized spacial score (nSPS) is 13.6. The van der Waals surface area contributed by atoms with Gasteiger partial charge < -0.3 is 10.4 Å². The van der Waals surface area contributed by atoms with Crippen LogP contribution in [-0.2, 0) is 6.42 Å². The molecule has 0 aliphatic rings. The van der Waals surface area contributed by atoms with Gasteiger partial charge in [0.2, 0.25) is 0 Å². The summed E-state index contributed by atoms with van der Waals surface area (Å²) in [4.78, 5) is 0. The molecule has 2 nitrogen and oxygen atoms in total. The molecule has 1 atom stereocenters. The van der Waals surface area contributed by atoms with Gasteiger partial charge in [-0.25, -0.2) is 0 Å². The van der Waals surface area contributed by atoms with Crippen LogP contribution in [0.25, 0.3) is 0 Å². The Kier molecular flexibility index (Phi) is 5.83. The maximum Gasteiger partial charge on any atom is 0.0715 e. The van der Waals surface area contributed by atoms with E-state index in [9.17, 15) is 5.11 Å². The Labute approximate surface area is 111 Å². The number of hydrogen-bond acceptors (Lipinski definition) is 2. The van der Waals surface area contributed by atoms with Crippen LogP contribution in [0.3, 0.4) is 0 Å². The molecule has 1 rings (SSSR count). The summed E-state index contributed by atoms with van der Waals surface area (Å²) < 4.78 is 0. The lowest BCUT2D eigenvalue weighted by Gasteiger charge is -2.17. The molecule has 2 heteroatoms. The molecule has 0 saturated heterocycles. The van der Waals surface area contributed by atoms with Crippen molar-refractivity contribution in [2.24, 2.45) is 0 Å². The Hall–Kier alpha value is -0.860. The van der Waals surface area contributed by atoms with Crippen LogP contribution in [-0.4, -0.2) is 23.8 Å². The van der Waals surface area contributed by atoms with Gasteiger partial charge in [-0.15, -0.1) is 0 Å². The van der Waals surface area contributed by atoms with Gasteiger partial charge in [-0.2, -0.15) is 0 Å². The molecule has 0 spiro atoms. The summed E-state index contributed by atoms with van der Waals surface area (Å²) in [5.41, 5.74) is 2.15. The van der Waals surface area contributed by atoms with E-state index in [1.807, 2.05) is 13.8 Å². The summed E-state index contributed by atoms with van der Waals surface area (Å²) in [5.74, 6) is 0.646. The Balaban J connectivity index is 2.35. The third-order valence-corrected chi connectivity index (χ3v) is 3.31. The van der Waals surface area contributed by atoms with Crippen LogP contribution in [0.2, 0.25) is 0 Å². The fourth-order valence-corrected chi connectivity index (χ4v) is 1.88. The van der Waals surface area contributed by atoms with Crippen molar-refractivity contribution in [3.05, 3.63) is 35.4 Å². The van der Waals surface area contributed by atoms with Crippen LogP contribution in [0.15, 0.2) is 24.3 Å². The second-order valence-electron chi connectivity index (χ2n) is 5.79. The van der Waals surface area contributed by atoms with Crippen LogP contribution >= 0.6 is 0 Å². The molecule has 0 saturated carbocycles. The molecular formula is C16H27NO. The fourth-order valence-electron chi connectivity index (χ4n) is 1.88. The van der Waals surface area contributed by atoms with Crippen molar-refractivity contribution >= 4 is 0 Å². The molecule has 0 aliphatic carbocycles. The highest BCUT2D eigenvalue weighted by Crippen LogP contribution is 2.18. The highest BCUT2D eigenvalue weighted by Gasteiger charge is 2.10. The number of aliphatic hydroxyl groups is 1. The third kappa shape index (κ3) is 5.65. The molecule has 0 amide bonds. The van der Waals surface area contributed by atoms with E-state index in [2.05, 4.69) is 43.4 Å². The molecule has 0 fully saturated rings. The molecule has 0 heterocycles. The molecule has 1 aromatic rings. The first-order valence-corrected chi connectivity index (χ1v) is 6.94. The van der Waals surface area contributed by atoms with Gasteiger partial charge in [-0.3, -0.25) is 0 Å². The average molecular weight is 249 g/mol. The highest BCUT2D eigenvalue weighted by atomic mass is 16.3. The molecule has 0 aliphatic heterocycles. The Bertz CT molecular complexity index is 337. The molecule has 0 aromatic heterocycles. The van der Waals surface area contributed by atoms with Crippen LogP contribution < -0.4 is 5.32 Å². The van der Waals surface area contributed by atoms with Crippen molar-refractivity contribution in [3.63, 3.8) is 0 Å². The number of nitrogens with one attached hydrogen (secondary N) is 1. The highest BCUT2D eigenvalue weighted by molar-refractivity contribution is 5.25. The predicted molar refractivity (Wildman–Crippen MR) is 78.0 cm³/mol. The molecule has 0 radical (unpaired) electrons. The summed E-state index contributed by atoms with van der Waals surface area (Å²) in [5, 5.41) is 12.8. The number of rotatable bonds is 7. The van der Waals surface area contributed by atoms with Crippen molar-refractivity contribution < 1.29 is 5.11 Å². The lowest BCUT2D eigenvalue weighted by molar-refractivity contribution is 0.0801. The van der Waals surface area contributed by atoms with Crippen molar-refractivity contribution in [1.29, 1.82) is 0 Å². The smallest absolute Gasteiger partial charge is 0.0715 e. The third-order valence-electron chi connectivity index (χ3n) is 3.31. The predicted octanol–water partition coefficient (Wildman–Crippen LogP) is 3.10. The zero-order valence-electron chi connectivity index (χ0n) is 12.2. The summed E-state index contributed by atoms with van der Waals surface area (Å²) in [6.07, 6.45) is 2.20. The maximum absolute atomic E-state index is 9.58. The number of hydrogen-bond donors (Lipinski definition) is 2. The van der Waals surface area contributed by atoms with Gasteiger partial charge in [0.05, 0.1) is 5.60 Å². The van der Waals surface area contributed by atoms with Crippen LogP contribution in [0, 0.1) is 0 Å². The molecule has 2 N–H and O–H groups in total. The van der Waals surface area contributed by atoms with E-state index in [1.165, 1.54) is 17.5 Å². The van der Waals surface area contributed by atoms with Crippen molar-refractivity contribution in [2.45, 2.75) is 52.1 Å². The van der Waals surface area contributed by atoms with Gasteiger partial charge in [-0.1, -0.05) is 38.1 Å². The van der Waals surface area contributed by atoms with E-state index in [-0.39, 0.29) is 0 Å². The van der Waals surface area contributed by atoms with Gasteiger partial charge in [0.15, 0.2) is 0 Å².